The minimum atomic E-state index is -0.724. The second-order valence-electron chi connectivity index (χ2n) is 6.48. The number of hydrogen-bond acceptors (Lipinski definition) is 4. The molecule has 0 radical (unpaired) electrons. The maximum Gasteiger partial charge on any atom is 0.312 e. The summed E-state index contributed by atoms with van der Waals surface area (Å²) < 4.78 is 11.1. The van der Waals surface area contributed by atoms with Crippen LogP contribution in [-0.2, 0) is 4.79 Å². The van der Waals surface area contributed by atoms with Gasteiger partial charge in [0.05, 0.1) is 18.5 Å². The molecule has 0 spiro atoms. The van der Waals surface area contributed by atoms with E-state index in [9.17, 15) is 9.59 Å². The third-order valence-corrected chi connectivity index (χ3v) is 4.77. The average molecular weight is 404 g/mol. The maximum atomic E-state index is 12.6. The third-order valence-electron chi connectivity index (χ3n) is 4.43. The van der Waals surface area contributed by atoms with Crippen molar-refractivity contribution in [3.63, 3.8) is 0 Å². The second-order valence-corrected chi connectivity index (χ2v) is 6.89. The van der Waals surface area contributed by atoms with Crippen molar-refractivity contribution in [2.75, 3.05) is 13.2 Å². The number of urea groups is 1. The summed E-state index contributed by atoms with van der Waals surface area (Å²) in [6.07, 6.45) is 0.00155. The van der Waals surface area contributed by atoms with Gasteiger partial charge in [0.2, 0.25) is 5.91 Å². The van der Waals surface area contributed by atoms with Crippen LogP contribution in [0.25, 0.3) is 0 Å². The molecule has 0 unspecified atom stereocenters. The van der Waals surface area contributed by atoms with Gasteiger partial charge in [-0.25, -0.2) is 4.79 Å². The van der Waals surface area contributed by atoms with Gasteiger partial charge in [-0.15, -0.1) is 0 Å². The van der Waals surface area contributed by atoms with Crippen LogP contribution in [0.5, 0.6) is 11.5 Å². The molecule has 1 aliphatic heterocycles. The first-order valence-corrected chi connectivity index (χ1v) is 9.31. The first-order chi connectivity index (χ1) is 13.4. The SMILES string of the molecule is C[C@H](NC(=O)C[C@H](NC(N)=O)c1ccccc1Cl)c1ccc2c(c1)OCCO2. The molecule has 148 valence electrons. The average Bonchev–Trinajstić information content (AvgIpc) is 2.67. The first kappa shape index (κ1) is 19.8. The van der Waals surface area contributed by atoms with E-state index in [0.717, 1.165) is 5.56 Å². The van der Waals surface area contributed by atoms with E-state index in [4.69, 9.17) is 26.8 Å². The zero-order chi connectivity index (χ0) is 20.1. The monoisotopic (exact) mass is 403 g/mol. The van der Waals surface area contributed by atoms with Crippen molar-refractivity contribution in [2.45, 2.75) is 25.4 Å². The van der Waals surface area contributed by atoms with Crippen LogP contribution >= 0.6 is 11.6 Å². The number of ether oxygens (including phenoxy) is 2. The number of halogens is 1. The number of primary amides is 1. The molecule has 8 heteroatoms. The van der Waals surface area contributed by atoms with Gasteiger partial charge in [0.15, 0.2) is 11.5 Å². The van der Waals surface area contributed by atoms with E-state index in [-0.39, 0.29) is 18.4 Å². The number of nitrogens with one attached hydrogen (secondary N) is 2. The molecule has 2 atom stereocenters. The molecule has 0 saturated heterocycles. The van der Waals surface area contributed by atoms with E-state index < -0.39 is 12.1 Å². The number of carbonyl (C=O) groups is 2. The topological polar surface area (TPSA) is 103 Å². The van der Waals surface area contributed by atoms with Gasteiger partial charge in [0.1, 0.15) is 13.2 Å². The zero-order valence-electron chi connectivity index (χ0n) is 15.4. The fourth-order valence-electron chi connectivity index (χ4n) is 3.07. The molecule has 1 heterocycles. The Morgan fingerprint density at radius 3 is 2.54 bits per heavy atom. The summed E-state index contributed by atoms with van der Waals surface area (Å²) >= 11 is 6.21. The lowest BCUT2D eigenvalue weighted by atomic mass is 10.0. The molecular formula is C20H22ClN3O4. The Kier molecular flexibility index (Phi) is 6.26. The summed E-state index contributed by atoms with van der Waals surface area (Å²) in [6, 6.07) is 11.0. The van der Waals surface area contributed by atoms with Crippen molar-refractivity contribution in [1.29, 1.82) is 0 Å². The molecule has 2 aromatic rings. The molecule has 0 aliphatic carbocycles. The van der Waals surface area contributed by atoms with E-state index in [1.807, 2.05) is 25.1 Å². The predicted octanol–water partition coefficient (Wildman–Crippen LogP) is 3.09. The Morgan fingerprint density at radius 2 is 1.82 bits per heavy atom. The quantitative estimate of drug-likeness (QED) is 0.689. The van der Waals surface area contributed by atoms with Gasteiger partial charge in [-0.2, -0.15) is 0 Å². The van der Waals surface area contributed by atoms with E-state index in [1.165, 1.54) is 0 Å². The van der Waals surface area contributed by atoms with Crippen molar-refractivity contribution in [1.82, 2.24) is 10.6 Å². The summed E-state index contributed by atoms with van der Waals surface area (Å²) in [6.45, 7) is 2.89. The lowest BCUT2D eigenvalue weighted by Gasteiger charge is -2.22. The summed E-state index contributed by atoms with van der Waals surface area (Å²) in [5.41, 5.74) is 6.78. The van der Waals surface area contributed by atoms with E-state index in [1.54, 1.807) is 24.3 Å². The highest BCUT2D eigenvalue weighted by atomic mass is 35.5. The normalized spacial score (nSPS) is 14.6. The van der Waals surface area contributed by atoms with Crippen molar-refractivity contribution in [3.8, 4) is 11.5 Å². The molecule has 0 saturated carbocycles. The summed E-state index contributed by atoms with van der Waals surface area (Å²) in [5.74, 6) is 1.10. The van der Waals surface area contributed by atoms with Crippen molar-refractivity contribution >= 4 is 23.5 Å². The maximum absolute atomic E-state index is 12.6. The van der Waals surface area contributed by atoms with Crippen LogP contribution < -0.4 is 25.8 Å². The molecule has 4 N–H and O–H groups in total. The highest BCUT2D eigenvalue weighted by Crippen LogP contribution is 2.32. The lowest BCUT2D eigenvalue weighted by Crippen LogP contribution is -2.37. The van der Waals surface area contributed by atoms with E-state index in [2.05, 4.69) is 10.6 Å². The molecule has 3 rings (SSSR count). The molecule has 28 heavy (non-hydrogen) atoms. The number of rotatable bonds is 6. The number of fused-ring (bicyclic) bond motifs is 1. The van der Waals surface area contributed by atoms with Crippen LogP contribution in [0, 0.1) is 0 Å². The van der Waals surface area contributed by atoms with Gasteiger partial charge in [0, 0.05) is 5.02 Å². The zero-order valence-corrected chi connectivity index (χ0v) is 16.2. The van der Waals surface area contributed by atoms with Crippen molar-refractivity contribution < 1.29 is 19.1 Å². The molecule has 3 amide bonds. The fraction of sp³-hybridized carbons (Fsp3) is 0.300. The lowest BCUT2D eigenvalue weighted by molar-refractivity contribution is -0.122. The Morgan fingerprint density at radius 1 is 1.11 bits per heavy atom. The Labute approximate surface area is 168 Å². The fourth-order valence-corrected chi connectivity index (χ4v) is 3.33. The first-order valence-electron chi connectivity index (χ1n) is 8.93. The number of benzene rings is 2. The Hall–Kier alpha value is -2.93. The molecule has 0 fully saturated rings. The largest absolute Gasteiger partial charge is 0.486 e. The van der Waals surface area contributed by atoms with Crippen LogP contribution in [0.15, 0.2) is 42.5 Å². The standard InChI is InChI=1S/C20H22ClN3O4/c1-12(13-6-7-17-18(10-13)28-9-8-27-17)23-19(25)11-16(24-20(22)26)14-4-2-3-5-15(14)21/h2-7,10,12,16H,8-9,11H2,1H3,(H,23,25)(H3,22,24,26)/t12-,16-/m0/s1. The number of nitrogens with two attached hydrogens (primary N) is 1. The smallest absolute Gasteiger partial charge is 0.312 e. The number of carbonyl (C=O) groups excluding carboxylic acids is 2. The van der Waals surface area contributed by atoms with Gasteiger partial charge >= 0.3 is 6.03 Å². The van der Waals surface area contributed by atoms with Gasteiger partial charge in [0.25, 0.3) is 0 Å². The molecular weight excluding hydrogens is 382 g/mol. The summed E-state index contributed by atoms with van der Waals surface area (Å²) in [5, 5.41) is 5.96. The van der Waals surface area contributed by atoms with E-state index >= 15 is 0 Å². The third kappa shape index (κ3) is 4.86. The molecule has 7 nitrogen and oxygen atoms in total. The molecule has 2 aromatic carbocycles. The predicted molar refractivity (Wildman–Crippen MR) is 106 cm³/mol. The Bertz CT molecular complexity index is 874. The van der Waals surface area contributed by atoms with Crippen molar-refractivity contribution in [2.24, 2.45) is 5.73 Å². The van der Waals surface area contributed by atoms with Crippen LogP contribution in [0.4, 0.5) is 4.79 Å². The van der Waals surface area contributed by atoms with Gasteiger partial charge < -0.3 is 25.8 Å². The molecule has 0 aromatic heterocycles. The number of hydrogen-bond donors (Lipinski definition) is 3. The number of amides is 3. The molecule has 1 aliphatic rings. The van der Waals surface area contributed by atoms with Crippen LogP contribution in [0.2, 0.25) is 5.02 Å². The van der Waals surface area contributed by atoms with Gasteiger partial charge in [-0.05, 0) is 36.2 Å². The van der Waals surface area contributed by atoms with Gasteiger partial charge in [-0.3, -0.25) is 4.79 Å². The van der Waals surface area contributed by atoms with Gasteiger partial charge in [-0.1, -0.05) is 35.9 Å². The minimum absolute atomic E-state index is 0.00155. The summed E-state index contributed by atoms with van der Waals surface area (Å²) in [4.78, 5) is 24.0. The molecule has 0 bridgehead atoms. The minimum Gasteiger partial charge on any atom is -0.486 e. The van der Waals surface area contributed by atoms with Crippen LogP contribution in [0.3, 0.4) is 0 Å². The Balaban J connectivity index is 1.68. The highest BCUT2D eigenvalue weighted by Gasteiger charge is 2.21. The van der Waals surface area contributed by atoms with Crippen LogP contribution in [-0.4, -0.2) is 25.2 Å². The van der Waals surface area contributed by atoms with Crippen molar-refractivity contribution in [3.05, 3.63) is 58.6 Å². The highest BCUT2D eigenvalue weighted by molar-refractivity contribution is 6.31. The van der Waals surface area contributed by atoms with Crippen LogP contribution in [0.1, 0.15) is 36.6 Å². The summed E-state index contributed by atoms with van der Waals surface area (Å²) in [7, 11) is 0. The van der Waals surface area contributed by atoms with E-state index in [0.29, 0.717) is 35.3 Å². The second kappa shape index (κ2) is 8.84.